The summed E-state index contributed by atoms with van der Waals surface area (Å²) in [4.78, 5) is 15.0. The van der Waals surface area contributed by atoms with Gasteiger partial charge < -0.3 is 0 Å². The quantitative estimate of drug-likeness (QED) is 0.765. The van der Waals surface area contributed by atoms with Crippen LogP contribution in [0.3, 0.4) is 0 Å². The second-order valence-electron chi connectivity index (χ2n) is 5.36. The van der Waals surface area contributed by atoms with E-state index < -0.39 is 17.2 Å². The molecule has 0 saturated carbocycles. The number of ketones is 1. The molecule has 1 saturated heterocycles. The molecule has 0 bridgehead atoms. The van der Waals surface area contributed by atoms with Gasteiger partial charge in [0.05, 0.1) is 11.1 Å². The lowest BCUT2D eigenvalue weighted by atomic mass is 9.82. The van der Waals surface area contributed by atoms with Gasteiger partial charge in [-0.15, -0.1) is 0 Å². The number of rotatable bonds is 5. The van der Waals surface area contributed by atoms with Crippen LogP contribution in [0, 0.1) is 11.6 Å². The number of Topliss-reactive ketones (excluding diaryl/α,β-unsaturated/α-hetero) is 1. The lowest BCUT2D eigenvalue weighted by molar-refractivity contribution is 0.0576. The molecule has 0 aromatic heterocycles. The molecule has 1 aromatic rings. The van der Waals surface area contributed by atoms with E-state index >= 15 is 0 Å². The van der Waals surface area contributed by atoms with Crippen molar-refractivity contribution in [3.05, 3.63) is 35.4 Å². The average Bonchev–Trinajstić information content (AvgIpc) is 2.98. The standard InChI is InChI=1S/C16H21F2NO/c1-3-16(4-2,19-10-5-6-11-19)15(20)12-8-7-9-13(17)14(12)18/h7-9H,3-6,10-11H2,1-2H3. The number of hydrogen-bond acceptors (Lipinski definition) is 2. The first-order chi connectivity index (χ1) is 9.56. The number of halogens is 2. The van der Waals surface area contributed by atoms with Gasteiger partial charge in [-0.2, -0.15) is 0 Å². The summed E-state index contributed by atoms with van der Waals surface area (Å²) in [5, 5.41) is 0. The van der Waals surface area contributed by atoms with E-state index in [1.165, 1.54) is 12.1 Å². The van der Waals surface area contributed by atoms with Crippen LogP contribution in [0.5, 0.6) is 0 Å². The lowest BCUT2D eigenvalue weighted by Gasteiger charge is -2.39. The summed E-state index contributed by atoms with van der Waals surface area (Å²) in [6.45, 7) is 5.59. The Hall–Kier alpha value is -1.29. The third kappa shape index (κ3) is 2.37. The third-order valence-corrected chi connectivity index (χ3v) is 4.50. The highest BCUT2D eigenvalue weighted by Crippen LogP contribution is 2.32. The second-order valence-corrected chi connectivity index (χ2v) is 5.36. The maximum absolute atomic E-state index is 13.9. The predicted molar refractivity (Wildman–Crippen MR) is 74.8 cm³/mol. The molecule has 0 aliphatic carbocycles. The molecule has 0 N–H and O–H groups in total. The number of hydrogen-bond donors (Lipinski definition) is 0. The van der Waals surface area contributed by atoms with E-state index in [1.54, 1.807) is 0 Å². The zero-order valence-corrected chi connectivity index (χ0v) is 12.1. The van der Waals surface area contributed by atoms with Crippen molar-refractivity contribution < 1.29 is 13.6 Å². The smallest absolute Gasteiger partial charge is 0.186 e. The first-order valence-corrected chi connectivity index (χ1v) is 7.30. The van der Waals surface area contributed by atoms with Crippen molar-refractivity contribution in [1.82, 2.24) is 4.90 Å². The summed E-state index contributed by atoms with van der Waals surface area (Å²) >= 11 is 0. The van der Waals surface area contributed by atoms with Crippen LogP contribution in [0.2, 0.25) is 0 Å². The van der Waals surface area contributed by atoms with E-state index in [0.717, 1.165) is 32.0 Å². The van der Waals surface area contributed by atoms with Gasteiger partial charge in [-0.05, 0) is 50.9 Å². The highest BCUT2D eigenvalue weighted by atomic mass is 19.2. The van der Waals surface area contributed by atoms with Crippen molar-refractivity contribution in [2.24, 2.45) is 0 Å². The highest BCUT2D eigenvalue weighted by Gasteiger charge is 2.43. The van der Waals surface area contributed by atoms with Crippen LogP contribution in [-0.4, -0.2) is 29.3 Å². The van der Waals surface area contributed by atoms with E-state index in [0.29, 0.717) is 12.8 Å². The summed E-state index contributed by atoms with van der Waals surface area (Å²) in [5.74, 6) is -2.28. The number of carbonyl (C=O) groups excluding carboxylic acids is 1. The van der Waals surface area contributed by atoms with Gasteiger partial charge in [0.1, 0.15) is 0 Å². The fraction of sp³-hybridized carbons (Fsp3) is 0.562. The Morgan fingerprint density at radius 3 is 2.35 bits per heavy atom. The Balaban J connectivity index is 2.43. The summed E-state index contributed by atoms with van der Waals surface area (Å²) in [7, 11) is 0. The molecule has 0 unspecified atom stereocenters. The first-order valence-electron chi connectivity index (χ1n) is 7.30. The Morgan fingerprint density at radius 1 is 1.20 bits per heavy atom. The molecule has 2 nitrogen and oxygen atoms in total. The van der Waals surface area contributed by atoms with Gasteiger partial charge in [0.2, 0.25) is 0 Å². The van der Waals surface area contributed by atoms with Gasteiger partial charge in [-0.1, -0.05) is 19.9 Å². The van der Waals surface area contributed by atoms with E-state index in [2.05, 4.69) is 4.90 Å². The maximum atomic E-state index is 13.9. The molecule has 0 radical (unpaired) electrons. The Bertz CT molecular complexity index is 491. The van der Waals surface area contributed by atoms with E-state index in [4.69, 9.17) is 0 Å². The SMILES string of the molecule is CCC(CC)(C(=O)c1cccc(F)c1F)N1CCCC1. The zero-order chi connectivity index (χ0) is 14.8. The molecule has 0 spiro atoms. The molecule has 110 valence electrons. The van der Waals surface area contributed by atoms with Crippen molar-refractivity contribution >= 4 is 5.78 Å². The van der Waals surface area contributed by atoms with Crippen molar-refractivity contribution in [3.63, 3.8) is 0 Å². The van der Waals surface area contributed by atoms with Crippen molar-refractivity contribution in [3.8, 4) is 0 Å². The molecule has 1 aromatic carbocycles. The number of carbonyl (C=O) groups is 1. The van der Waals surface area contributed by atoms with Gasteiger partial charge in [-0.25, -0.2) is 8.78 Å². The van der Waals surface area contributed by atoms with Gasteiger partial charge in [-0.3, -0.25) is 9.69 Å². The van der Waals surface area contributed by atoms with Crippen molar-refractivity contribution in [1.29, 1.82) is 0 Å². The van der Waals surface area contributed by atoms with Crippen LogP contribution in [0.25, 0.3) is 0 Å². The topological polar surface area (TPSA) is 20.3 Å². The minimum atomic E-state index is -1.03. The van der Waals surface area contributed by atoms with Crippen LogP contribution < -0.4 is 0 Å². The number of likely N-dealkylation sites (tertiary alicyclic amines) is 1. The predicted octanol–water partition coefficient (Wildman–Crippen LogP) is 3.80. The summed E-state index contributed by atoms with van der Waals surface area (Å²) in [6, 6.07) is 3.82. The highest BCUT2D eigenvalue weighted by molar-refractivity contribution is 6.03. The molecule has 2 rings (SSSR count). The molecule has 1 aliphatic rings. The lowest BCUT2D eigenvalue weighted by Crippen LogP contribution is -2.53. The van der Waals surface area contributed by atoms with Crippen LogP contribution in [0.4, 0.5) is 8.78 Å². The zero-order valence-electron chi connectivity index (χ0n) is 12.1. The molecule has 1 aliphatic heterocycles. The Kier molecular flexibility index (Phi) is 4.53. The largest absolute Gasteiger partial charge is 0.292 e. The average molecular weight is 281 g/mol. The molecule has 1 fully saturated rings. The van der Waals surface area contributed by atoms with Crippen LogP contribution >= 0.6 is 0 Å². The van der Waals surface area contributed by atoms with E-state index in [1.807, 2.05) is 13.8 Å². The molecule has 0 amide bonds. The van der Waals surface area contributed by atoms with Crippen LogP contribution in [-0.2, 0) is 0 Å². The maximum Gasteiger partial charge on any atom is 0.186 e. The molecular formula is C16H21F2NO. The van der Waals surface area contributed by atoms with Crippen molar-refractivity contribution in [2.45, 2.75) is 45.1 Å². The second kappa shape index (κ2) is 6.00. The van der Waals surface area contributed by atoms with Gasteiger partial charge in [0.25, 0.3) is 0 Å². The summed E-state index contributed by atoms with van der Waals surface area (Å²) in [5.41, 5.74) is -0.828. The van der Waals surface area contributed by atoms with Crippen molar-refractivity contribution in [2.75, 3.05) is 13.1 Å². The van der Waals surface area contributed by atoms with Gasteiger partial charge >= 0.3 is 0 Å². The monoisotopic (exact) mass is 281 g/mol. The van der Waals surface area contributed by atoms with E-state index in [9.17, 15) is 13.6 Å². The van der Waals surface area contributed by atoms with Crippen LogP contribution in [0.1, 0.15) is 49.9 Å². The minimum Gasteiger partial charge on any atom is -0.292 e. The Labute approximate surface area is 118 Å². The summed E-state index contributed by atoms with van der Waals surface area (Å²) < 4.78 is 27.3. The number of benzene rings is 1. The summed E-state index contributed by atoms with van der Waals surface area (Å²) in [6.07, 6.45) is 3.33. The van der Waals surface area contributed by atoms with Gasteiger partial charge in [0.15, 0.2) is 17.4 Å². The molecule has 4 heteroatoms. The fourth-order valence-corrected chi connectivity index (χ4v) is 3.24. The van der Waals surface area contributed by atoms with Gasteiger partial charge in [0, 0.05) is 0 Å². The fourth-order valence-electron chi connectivity index (χ4n) is 3.24. The number of nitrogens with zero attached hydrogens (tertiary/aromatic N) is 1. The molecular weight excluding hydrogens is 260 g/mol. The molecule has 20 heavy (non-hydrogen) atoms. The Morgan fingerprint density at radius 2 is 1.80 bits per heavy atom. The normalized spacial score (nSPS) is 16.6. The first kappa shape index (κ1) is 15.1. The molecule has 0 atom stereocenters. The van der Waals surface area contributed by atoms with E-state index in [-0.39, 0.29) is 11.3 Å². The van der Waals surface area contributed by atoms with Crippen LogP contribution in [0.15, 0.2) is 18.2 Å². The minimum absolute atomic E-state index is 0.124. The molecule has 1 heterocycles. The third-order valence-electron chi connectivity index (χ3n) is 4.50.